The summed E-state index contributed by atoms with van der Waals surface area (Å²) in [5.74, 6) is -1.91. The number of carbonyl (C=O) groups is 2. The number of nitrogens with zero attached hydrogens (tertiary/aromatic N) is 1. The number of nitro benzene ring substituents is 1. The van der Waals surface area contributed by atoms with Crippen molar-refractivity contribution in [3.63, 3.8) is 0 Å². The standard InChI is InChI=1S/C23H16N2O5/c26-21-17-11-4-5-12-18(17)22(27)23(28)19(21)20(24-15-8-2-1-3-9-15)14-7-6-10-16(13-14)25(29)30/h1-13,20,24,26H. The lowest BCUT2D eigenvalue weighted by Gasteiger charge is -2.26. The first-order chi connectivity index (χ1) is 14.5. The van der Waals surface area contributed by atoms with Gasteiger partial charge in [0, 0.05) is 28.9 Å². The van der Waals surface area contributed by atoms with Crippen LogP contribution in [0.4, 0.5) is 11.4 Å². The van der Waals surface area contributed by atoms with Crippen LogP contribution in [0.25, 0.3) is 5.76 Å². The second-order valence-corrected chi connectivity index (χ2v) is 6.76. The molecule has 0 bridgehead atoms. The number of carbonyl (C=O) groups excluding carboxylic acids is 2. The summed E-state index contributed by atoms with van der Waals surface area (Å²) in [5.41, 5.74) is 1.05. The summed E-state index contributed by atoms with van der Waals surface area (Å²) in [6.45, 7) is 0. The van der Waals surface area contributed by atoms with E-state index in [1.807, 2.05) is 6.07 Å². The molecule has 2 N–H and O–H groups in total. The molecule has 3 aromatic rings. The molecule has 0 radical (unpaired) electrons. The number of hydrogen-bond acceptors (Lipinski definition) is 6. The fourth-order valence-electron chi connectivity index (χ4n) is 3.49. The molecule has 4 rings (SSSR count). The van der Waals surface area contributed by atoms with Crippen molar-refractivity contribution in [1.29, 1.82) is 0 Å². The Kier molecular flexibility index (Phi) is 4.85. The maximum absolute atomic E-state index is 13.0. The van der Waals surface area contributed by atoms with Gasteiger partial charge < -0.3 is 10.4 Å². The average molecular weight is 400 g/mol. The van der Waals surface area contributed by atoms with E-state index in [0.717, 1.165) is 0 Å². The Labute approximate surface area is 171 Å². The van der Waals surface area contributed by atoms with E-state index < -0.39 is 22.5 Å². The molecule has 1 aliphatic rings. The number of benzene rings is 3. The first-order valence-corrected chi connectivity index (χ1v) is 9.15. The van der Waals surface area contributed by atoms with E-state index in [2.05, 4.69) is 5.32 Å². The zero-order valence-electron chi connectivity index (χ0n) is 15.6. The van der Waals surface area contributed by atoms with E-state index in [9.17, 15) is 24.8 Å². The van der Waals surface area contributed by atoms with Crippen LogP contribution in [0.2, 0.25) is 0 Å². The molecule has 1 aliphatic carbocycles. The van der Waals surface area contributed by atoms with Crippen LogP contribution in [0.5, 0.6) is 0 Å². The monoisotopic (exact) mass is 400 g/mol. The summed E-state index contributed by atoms with van der Waals surface area (Å²) in [6.07, 6.45) is 0. The van der Waals surface area contributed by atoms with Gasteiger partial charge in [-0.15, -0.1) is 0 Å². The van der Waals surface area contributed by atoms with Crippen molar-refractivity contribution in [2.75, 3.05) is 5.32 Å². The predicted molar refractivity (Wildman–Crippen MR) is 111 cm³/mol. The highest BCUT2D eigenvalue weighted by atomic mass is 16.6. The van der Waals surface area contributed by atoms with Crippen LogP contribution in [0.15, 0.2) is 84.4 Å². The van der Waals surface area contributed by atoms with Crippen LogP contribution in [0.1, 0.15) is 27.5 Å². The summed E-state index contributed by atoms with van der Waals surface area (Å²) in [4.78, 5) is 36.4. The molecule has 0 spiro atoms. The number of non-ortho nitro benzene ring substituents is 1. The van der Waals surface area contributed by atoms with Crippen molar-refractivity contribution in [2.24, 2.45) is 0 Å². The van der Waals surface area contributed by atoms with Crippen molar-refractivity contribution in [3.8, 4) is 0 Å². The number of rotatable bonds is 5. The lowest BCUT2D eigenvalue weighted by atomic mass is 9.83. The Morgan fingerprint density at radius 3 is 2.20 bits per heavy atom. The zero-order valence-corrected chi connectivity index (χ0v) is 15.6. The highest BCUT2D eigenvalue weighted by Crippen LogP contribution is 2.37. The molecule has 7 heteroatoms. The van der Waals surface area contributed by atoms with E-state index in [-0.39, 0.29) is 28.1 Å². The molecule has 0 heterocycles. The number of anilines is 1. The van der Waals surface area contributed by atoms with Crippen LogP contribution in [0.3, 0.4) is 0 Å². The Hall–Kier alpha value is -4.26. The maximum atomic E-state index is 13.0. The molecule has 0 fully saturated rings. The van der Waals surface area contributed by atoms with Crippen molar-refractivity contribution in [3.05, 3.63) is 111 Å². The van der Waals surface area contributed by atoms with Gasteiger partial charge >= 0.3 is 0 Å². The van der Waals surface area contributed by atoms with Gasteiger partial charge in [0.05, 0.1) is 16.5 Å². The topological polar surface area (TPSA) is 110 Å². The maximum Gasteiger partial charge on any atom is 0.269 e. The first-order valence-electron chi connectivity index (χ1n) is 9.15. The van der Waals surface area contributed by atoms with Gasteiger partial charge in [-0.05, 0) is 17.7 Å². The number of fused-ring (bicyclic) bond motifs is 1. The third kappa shape index (κ3) is 3.33. The lowest BCUT2D eigenvalue weighted by molar-refractivity contribution is -0.384. The summed E-state index contributed by atoms with van der Waals surface area (Å²) in [6, 6.07) is 20.0. The number of Topliss-reactive ketones (excluding diaryl/α,β-unsaturated/α-hetero) is 2. The lowest BCUT2D eigenvalue weighted by Crippen LogP contribution is -2.30. The van der Waals surface area contributed by atoms with Crippen molar-refractivity contribution >= 4 is 28.7 Å². The third-order valence-corrected chi connectivity index (χ3v) is 4.92. The van der Waals surface area contributed by atoms with Gasteiger partial charge in [-0.2, -0.15) is 0 Å². The van der Waals surface area contributed by atoms with Crippen LogP contribution in [-0.2, 0) is 4.79 Å². The normalized spacial score (nSPS) is 14.3. The van der Waals surface area contributed by atoms with Gasteiger partial charge in [0.15, 0.2) is 0 Å². The van der Waals surface area contributed by atoms with Gasteiger partial charge in [0.2, 0.25) is 11.6 Å². The number of aliphatic hydroxyl groups is 1. The average Bonchev–Trinajstić information content (AvgIpc) is 2.78. The zero-order chi connectivity index (χ0) is 21.3. The van der Waals surface area contributed by atoms with Gasteiger partial charge in [0.25, 0.3) is 5.69 Å². The van der Waals surface area contributed by atoms with Crippen molar-refractivity contribution in [1.82, 2.24) is 0 Å². The van der Waals surface area contributed by atoms with E-state index in [1.54, 1.807) is 48.5 Å². The molecule has 1 atom stereocenters. The molecule has 0 saturated carbocycles. The molecule has 1 unspecified atom stereocenters. The highest BCUT2D eigenvalue weighted by Gasteiger charge is 2.37. The quantitative estimate of drug-likeness (QED) is 0.371. The van der Waals surface area contributed by atoms with E-state index in [0.29, 0.717) is 11.3 Å². The van der Waals surface area contributed by atoms with Crippen LogP contribution in [-0.4, -0.2) is 21.6 Å². The summed E-state index contributed by atoms with van der Waals surface area (Å²) >= 11 is 0. The predicted octanol–water partition coefficient (Wildman–Crippen LogP) is 4.48. The number of nitro groups is 1. The summed E-state index contributed by atoms with van der Waals surface area (Å²) < 4.78 is 0. The Balaban J connectivity index is 1.92. The molecule has 0 aliphatic heterocycles. The molecule has 30 heavy (non-hydrogen) atoms. The number of hydrogen-bond donors (Lipinski definition) is 2. The molecule has 0 amide bonds. The Bertz CT molecular complexity index is 1200. The fraction of sp³-hybridized carbons (Fsp3) is 0.0435. The number of nitrogens with one attached hydrogen (secondary N) is 1. The Morgan fingerprint density at radius 1 is 0.833 bits per heavy atom. The van der Waals surface area contributed by atoms with Crippen LogP contribution in [0, 0.1) is 10.1 Å². The molecule has 0 saturated heterocycles. The number of ketones is 2. The molecule has 0 aromatic heterocycles. The second kappa shape index (κ2) is 7.63. The summed E-state index contributed by atoms with van der Waals surface area (Å²) in [5, 5.41) is 25.3. The highest BCUT2D eigenvalue weighted by molar-refractivity contribution is 6.52. The second-order valence-electron chi connectivity index (χ2n) is 6.76. The van der Waals surface area contributed by atoms with Gasteiger partial charge in [-0.1, -0.05) is 54.6 Å². The van der Waals surface area contributed by atoms with E-state index in [1.165, 1.54) is 24.3 Å². The third-order valence-electron chi connectivity index (χ3n) is 4.92. The van der Waals surface area contributed by atoms with Crippen molar-refractivity contribution in [2.45, 2.75) is 6.04 Å². The molecule has 148 valence electrons. The van der Waals surface area contributed by atoms with Crippen LogP contribution >= 0.6 is 0 Å². The van der Waals surface area contributed by atoms with E-state index >= 15 is 0 Å². The number of para-hydroxylation sites is 1. The Morgan fingerprint density at radius 2 is 1.50 bits per heavy atom. The van der Waals surface area contributed by atoms with Gasteiger partial charge in [-0.3, -0.25) is 19.7 Å². The minimum atomic E-state index is -0.975. The molecule has 7 nitrogen and oxygen atoms in total. The molecule has 3 aromatic carbocycles. The molecular weight excluding hydrogens is 384 g/mol. The molecular formula is C23H16N2O5. The first kappa shape index (κ1) is 19.1. The smallest absolute Gasteiger partial charge is 0.269 e. The van der Waals surface area contributed by atoms with Crippen LogP contribution < -0.4 is 5.32 Å². The minimum Gasteiger partial charge on any atom is -0.507 e. The van der Waals surface area contributed by atoms with Crippen molar-refractivity contribution < 1.29 is 19.6 Å². The van der Waals surface area contributed by atoms with Gasteiger partial charge in [-0.25, -0.2) is 0 Å². The number of aliphatic hydroxyl groups excluding tert-OH is 1. The van der Waals surface area contributed by atoms with E-state index in [4.69, 9.17) is 0 Å². The summed E-state index contributed by atoms with van der Waals surface area (Å²) in [7, 11) is 0. The fourth-order valence-corrected chi connectivity index (χ4v) is 3.49. The SMILES string of the molecule is O=C1C(=O)c2ccccc2C(O)=C1C(Nc1ccccc1)c1cccc([N+](=O)[O-])c1. The largest absolute Gasteiger partial charge is 0.507 e. The van der Waals surface area contributed by atoms with Gasteiger partial charge in [0.1, 0.15) is 5.76 Å². The minimum absolute atomic E-state index is 0.126.